The molecule has 1 amide bonds. The van der Waals surface area contributed by atoms with Crippen molar-refractivity contribution in [3.63, 3.8) is 0 Å². The minimum atomic E-state index is -0.693. The van der Waals surface area contributed by atoms with Gasteiger partial charge in [0.1, 0.15) is 4.92 Å². The van der Waals surface area contributed by atoms with Crippen LogP contribution in [-0.2, 0) is 12.4 Å². The van der Waals surface area contributed by atoms with E-state index in [2.05, 4.69) is 5.32 Å². The molecule has 2 rings (SSSR count). The van der Waals surface area contributed by atoms with E-state index in [-0.39, 0.29) is 5.76 Å². The highest BCUT2D eigenvalue weighted by Crippen LogP contribution is 2.15. The third-order valence-electron chi connectivity index (χ3n) is 2.63. The molecule has 2 aromatic rings. The van der Waals surface area contributed by atoms with Gasteiger partial charge in [-0.2, -0.15) is 0 Å². The van der Waals surface area contributed by atoms with Crippen LogP contribution in [0.1, 0.15) is 21.7 Å². The van der Waals surface area contributed by atoms with Gasteiger partial charge in [-0.25, -0.2) is 0 Å². The summed E-state index contributed by atoms with van der Waals surface area (Å²) in [6.45, 7) is 0.301. The van der Waals surface area contributed by atoms with Gasteiger partial charge >= 0.3 is 5.88 Å². The molecule has 0 unspecified atom stereocenters. The summed E-state index contributed by atoms with van der Waals surface area (Å²) < 4.78 is 4.80. The van der Waals surface area contributed by atoms with Crippen LogP contribution in [0.5, 0.6) is 0 Å². The molecule has 0 fully saturated rings. The fourth-order valence-electron chi connectivity index (χ4n) is 1.56. The van der Waals surface area contributed by atoms with E-state index >= 15 is 0 Å². The van der Waals surface area contributed by atoms with Crippen LogP contribution in [0, 0.1) is 10.1 Å². The lowest BCUT2D eigenvalue weighted by Crippen LogP contribution is -2.22. The van der Waals surface area contributed by atoms with Crippen LogP contribution in [0.4, 0.5) is 5.88 Å². The number of nitrogens with one attached hydrogen (secondary N) is 1. The summed E-state index contributed by atoms with van der Waals surface area (Å²) in [7, 11) is 0. The number of hydrogen-bond acceptors (Lipinski definition) is 4. The highest BCUT2D eigenvalue weighted by Gasteiger charge is 2.16. The summed E-state index contributed by atoms with van der Waals surface area (Å²) >= 11 is 5.68. The fraction of sp³-hybridized carbons (Fsp3) is 0.154. The largest absolute Gasteiger partial charge is 0.433 e. The molecule has 0 aliphatic carbocycles. The number of amides is 1. The molecule has 0 aliphatic rings. The van der Waals surface area contributed by atoms with Crippen molar-refractivity contribution in [2.75, 3.05) is 0 Å². The number of alkyl halides is 1. The van der Waals surface area contributed by atoms with Crippen molar-refractivity contribution in [2.24, 2.45) is 0 Å². The molecule has 0 saturated carbocycles. The van der Waals surface area contributed by atoms with E-state index in [1.165, 1.54) is 6.07 Å². The quantitative estimate of drug-likeness (QED) is 0.522. The van der Waals surface area contributed by atoms with Gasteiger partial charge < -0.3 is 9.73 Å². The van der Waals surface area contributed by atoms with Crippen molar-refractivity contribution >= 4 is 23.4 Å². The monoisotopic (exact) mass is 294 g/mol. The van der Waals surface area contributed by atoms with Crippen LogP contribution < -0.4 is 5.32 Å². The molecule has 20 heavy (non-hydrogen) atoms. The van der Waals surface area contributed by atoms with Gasteiger partial charge in [-0.3, -0.25) is 14.9 Å². The Hall–Kier alpha value is -2.34. The second-order valence-electron chi connectivity index (χ2n) is 4.03. The van der Waals surface area contributed by atoms with Crippen molar-refractivity contribution in [3.8, 4) is 0 Å². The maximum absolute atomic E-state index is 11.7. The lowest BCUT2D eigenvalue weighted by atomic mass is 10.1. The number of nitro groups is 1. The first-order valence-electron chi connectivity index (χ1n) is 5.76. The van der Waals surface area contributed by atoms with E-state index in [1.54, 1.807) is 0 Å². The van der Waals surface area contributed by atoms with Crippen molar-refractivity contribution in [3.05, 3.63) is 63.4 Å². The van der Waals surface area contributed by atoms with Crippen LogP contribution in [0.15, 0.2) is 40.8 Å². The molecule has 1 aromatic carbocycles. The number of nitrogens with zero attached hydrogens (tertiary/aromatic N) is 1. The van der Waals surface area contributed by atoms with E-state index in [0.29, 0.717) is 12.4 Å². The first-order chi connectivity index (χ1) is 9.60. The summed E-state index contributed by atoms with van der Waals surface area (Å²) in [5.74, 6) is -0.613. The third kappa shape index (κ3) is 3.36. The van der Waals surface area contributed by atoms with Gasteiger partial charge in [0.25, 0.3) is 5.91 Å². The van der Waals surface area contributed by atoms with Crippen molar-refractivity contribution in [1.82, 2.24) is 5.32 Å². The number of carbonyl (C=O) groups is 1. The molecular formula is C13H11ClN2O4. The minimum absolute atomic E-state index is 0.0888. The first-order valence-corrected chi connectivity index (χ1v) is 6.30. The van der Waals surface area contributed by atoms with Gasteiger partial charge in [0, 0.05) is 12.4 Å². The Bertz CT molecular complexity index is 622. The van der Waals surface area contributed by atoms with Crippen LogP contribution in [0.2, 0.25) is 0 Å². The second kappa shape index (κ2) is 6.21. The molecule has 0 spiro atoms. The van der Waals surface area contributed by atoms with Crippen molar-refractivity contribution in [1.29, 1.82) is 0 Å². The maximum Gasteiger partial charge on any atom is 0.433 e. The fourth-order valence-corrected chi connectivity index (χ4v) is 1.74. The van der Waals surface area contributed by atoms with Crippen LogP contribution in [-0.4, -0.2) is 10.8 Å². The van der Waals surface area contributed by atoms with E-state index in [0.717, 1.165) is 17.2 Å². The molecule has 0 radical (unpaired) electrons. The molecule has 0 saturated heterocycles. The average molecular weight is 295 g/mol. The van der Waals surface area contributed by atoms with Gasteiger partial charge in [-0.15, -0.1) is 11.6 Å². The smallest absolute Gasteiger partial charge is 0.395 e. The molecule has 1 aromatic heterocycles. The van der Waals surface area contributed by atoms with E-state index < -0.39 is 16.7 Å². The predicted molar refractivity (Wildman–Crippen MR) is 72.5 cm³/mol. The Kier molecular flexibility index (Phi) is 4.37. The molecule has 1 heterocycles. The topological polar surface area (TPSA) is 85.4 Å². The number of benzene rings is 1. The lowest BCUT2D eigenvalue weighted by molar-refractivity contribution is -0.402. The number of carbonyl (C=O) groups excluding carboxylic acids is 1. The zero-order valence-electron chi connectivity index (χ0n) is 10.3. The molecular weight excluding hydrogens is 284 g/mol. The highest BCUT2D eigenvalue weighted by atomic mass is 35.5. The average Bonchev–Trinajstić information content (AvgIpc) is 2.95. The molecule has 6 nitrogen and oxygen atoms in total. The predicted octanol–water partition coefficient (Wildman–Crippen LogP) is 2.86. The molecule has 0 bridgehead atoms. The second-order valence-corrected chi connectivity index (χ2v) is 4.30. The Labute approximate surface area is 119 Å². The Morgan fingerprint density at radius 2 is 1.85 bits per heavy atom. The van der Waals surface area contributed by atoms with Crippen LogP contribution in [0.3, 0.4) is 0 Å². The summed E-state index contributed by atoms with van der Waals surface area (Å²) in [4.78, 5) is 21.5. The van der Waals surface area contributed by atoms with Gasteiger partial charge in [0.2, 0.25) is 0 Å². The van der Waals surface area contributed by atoms with E-state index in [1.807, 2.05) is 24.3 Å². The zero-order valence-corrected chi connectivity index (χ0v) is 11.1. The summed E-state index contributed by atoms with van der Waals surface area (Å²) in [6.07, 6.45) is 0. The molecule has 0 atom stereocenters. The van der Waals surface area contributed by atoms with Gasteiger partial charge in [-0.1, -0.05) is 24.3 Å². The third-order valence-corrected chi connectivity index (χ3v) is 2.93. The Balaban J connectivity index is 1.95. The summed E-state index contributed by atoms with van der Waals surface area (Å²) in [6, 6.07) is 9.85. The number of hydrogen-bond donors (Lipinski definition) is 1. The molecule has 7 heteroatoms. The van der Waals surface area contributed by atoms with E-state index in [9.17, 15) is 14.9 Å². The minimum Gasteiger partial charge on any atom is -0.395 e. The summed E-state index contributed by atoms with van der Waals surface area (Å²) in [5, 5.41) is 13.1. The molecule has 0 aliphatic heterocycles. The standard InChI is InChI=1S/C13H11ClN2O4/c14-7-9-1-3-10(4-2-9)8-15-13(17)11-5-6-12(20-11)16(18)19/h1-6H,7-8H2,(H,15,17). The Morgan fingerprint density at radius 1 is 1.20 bits per heavy atom. The van der Waals surface area contributed by atoms with Gasteiger partial charge in [0.05, 0.1) is 6.07 Å². The lowest BCUT2D eigenvalue weighted by Gasteiger charge is -2.04. The molecule has 1 N–H and O–H groups in total. The van der Waals surface area contributed by atoms with Crippen LogP contribution >= 0.6 is 11.6 Å². The Morgan fingerprint density at radius 3 is 2.40 bits per heavy atom. The number of furan rings is 1. The summed E-state index contributed by atoms with van der Waals surface area (Å²) in [5.41, 5.74) is 1.89. The zero-order chi connectivity index (χ0) is 14.5. The van der Waals surface area contributed by atoms with Gasteiger partial charge in [-0.05, 0) is 17.2 Å². The maximum atomic E-state index is 11.7. The van der Waals surface area contributed by atoms with Crippen LogP contribution in [0.25, 0.3) is 0 Å². The van der Waals surface area contributed by atoms with Crippen molar-refractivity contribution < 1.29 is 14.1 Å². The number of rotatable bonds is 5. The highest BCUT2D eigenvalue weighted by molar-refractivity contribution is 6.17. The molecule has 104 valence electrons. The van der Waals surface area contributed by atoms with Crippen molar-refractivity contribution in [2.45, 2.75) is 12.4 Å². The number of halogens is 1. The normalized spacial score (nSPS) is 10.2. The van der Waals surface area contributed by atoms with E-state index in [4.69, 9.17) is 16.0 Å². The first kappa shape index (κ1) is 14.1. The van der Waals surface area contributed by atoms with Gasteiger partial charge in [0.15, 0.2) is 5.76 Å². The SMILES string of the molecule is O=C(NCc1ccc(CCl)cc1)c1ccc([N+](=O)[O-])o1.